The Kier molecular flexibility index (Phi) is 4.61. The number of nitrogens with zero attached hydrogens (tertiary/aromatic N) is 3. The van der Waals surface area contributed by atoms with Gasteiger partial charge in [-0.1, -0.05) is 24.3 Å². The summed E-state index contributed by atoms with van der Waals surface area (Å²) in [6.07, 6.45) is 7.03. The third-order valence-corrected chi connectivity index (χ3v) is 4.27. The third kappa shape index (κ3) is 3.84. The Labute approximate surface area is 157 Å². The Morgan fingerprint density at radius 1 is 1.19 bits per heavy atom. The van der Waals surface area contributed by atoms with Crippen LogP contribution < -0.4 is 9.47 Å². The van der Waals surface area contributed by atoms with E-state index < -0.39 is 0 Å². The first-order valence-corrected chi connectivity index (χ1v) is 8.61. The molecule has 1 aromatic heterocycles. The van der Waals surface area contributed by atoms with E-state index in [0.717, 1.165) is 22.6 Å². The molecular weight excluding hydrogens is 342 g/mol. The van der Waals surface area contributed by atoms with E-state index in [4.69, 9.17) is 9.47 Å². The molecule has 2 heterocycles. The third-order valence-electron chi connectivity index (χ3n) is 4.27. The van der Waals surface area contributed by atoms with Crippen molar-refractivity contribution in [2.75, 3.05) is 13.8 Å². The molecule has 0 spiro atoms. The zero-order valence-corrected chi connectivity index (χ0v) is 14.9. The molecule has 0 unspecified atom stereocenters. The highest BCUT2D eigenvalue weighted by atomic mass is 16.7. The summed E-state index contributed by atoms with van der Waals surface area (Å²) >= 11 is 0. The van der Waals surface area contributed by atoms with E-state index in [1.165, 1.54) is 0 Å². The topological polar surface area (TPSA) is 56.6 Å². The molecule has 0 aliphatic carbocycles. The van der Waals surface area contributed by atoms with Crippen molar-refractivity contribution in [2.45, 2.75) is 6.54 Å². The van der Waals surface area contributed by atoms with Crippen LogP contribution in [0.2, 0.25) is 0 Å². The second-order valence-electron chi connectivity index (χ2n) is 6.27. The number of hydrogen-bond donors (Lipinski definition) is 0. The van der Waals surface area contributed by atoms with E-state index in [2.05, 4.69) is 5.10 Å². The average molecular weight is 361 g/mol. The normalized spacial score (nSPS) is 12.5. The van der Waals surface area contributed by atoms with Gasteiger partial charge < -0.3 is 14.4 Å². The summed E-state index contributed by atoms with van der Waals surface area (Å²) in [5.74, 6) is 1.34. The fourth-order valence-corrected chi connectivity index (χ4v) is 2.83. The maximum Gasteiger partial charge on any atom is 0.246 e. The summed E-state index contributed by atoms with van der Waals surface area (Å²) in [6.45, 7) is 0.720. The van der Waals surface area contributed by atoms with Crippen LogP contribution in [0.4, 0.5) is 0 Å². The van der Waals surface area contributed by atoms with E-state index in [-0.39, 0.29) is 12.7 Å². The summed E-state index contributed by atoms with van der Waals surface area (Å²) in [5, 5.41) is 4.36. The Morgan fingerprint density at radius 3 is 2.85 bits per heavy atom. The van der Waals surface area contributed by atoms with Gasteiger partial charge in [0, 0.05) is 31.4 Å². The lowest BCUT2D eigenvalue weighted by Gasteiger charge is -2.13. The van der Waals surface area contributed by atoms with Crippen molar-refractivity contribution in [3.63, 3.8) is 0 Å². The number of amides is 1. The minimum absolute atomic E-state index is 0.0832. The predicted octanol–water partition coefficient (Wildman–Crippen LogP) is 3.27. The van der Waals surface area contributed by atoms with Gasteiger partial charge in [0.15, 0.2) is 11.5 Å². The fourth-order valence-electron chi connectivity index (χ4n) is 2.83. The first kappa shape index (κ1) is 16.9. The van der Waals surface area contributed by atoms with Crippen LogP contribution in [0.1, 0.15) is 11.1 Å². The number of hydrogen-bond acceptors (Lipinski definition) is 4. The van der Waals surface area contributed by atoms with E-state index in [9.17, 15) is 4.79 Å². The fraction of sp³-hybridized carbons (Fsp3) is 0.143. The number of rotatable bonds is 5. The van der Waals surface area contributed by atoms with Gasteiger partial charge in [0.25, 0.3) is 0 Å². The van der Waals surface area contributed by atoms with Crippen molar-refractivity contribution in [2.24, 2.45) is 0 Å². The first-order chi connectivity index (χ1) is 13.2. The number of aromatic nitrogens is 2. The Balaban J connectivity index is 1.39. The van der Waals surface area contributed by atoms with Gasteiger partial charge in [-0.25, -0.2) is 4.68 Å². The molecule has 0 radical (unpaired) electrons. The van der Waals surface area contributed by atoms with Crippen molar-refractivity contribution in [3.05, 3.63) is 78.1 Å². The molecule has 0 saturated carbocycles. The molecule has 0 bridgehead atoms. The summed E-state index contributed by atoms with van der Waals surface area (Å²) in [5.41, 5.74) is 2.84. The number of benzene rings is 2. The molecule has 6 heteroatoms. The van der Waals surface area contributed by atoms with Crippen LogP contribution in [-0.2, 0) is 11.3 Å². The van der Waals surface area contributed by atoms with Gasteiger partial charge in [-0.15, -0.1) is 0 Å². The van der Waals surface area contributed by atoms with Crippen LogP contribution in [0.15, 0.2) is 67.0 Å². The largest absolute Gasteiger partial charge is 0.454 e. The molecule has 3 aromatic rings. The Hall–Kier alpha value is -3.54. The zero-order chi connectivity index (χ0) is 18.6. The van der Waals surface area contributed by atoms with Crippen molar-refractivity contribution in [1.29, 1.82) is 0 Å². The molecule has 0 atom stereocenters. The van der Waals surface area contributed by atoms with Crippen LogP contribution in [0.25, 0.3) is 11.8 Å². The van der Waals surface area contributed by atoms with Gasteiger partial charge in [0.2, 0.25) is 12.7 Å². The molecule has 1 aliphatic rings. The maximum atomic E-state index is 12.4. The lowest BCUT2D eigenvalue weighted by atomic mass is 10.2. The minimum Gasteiger partial charge on any atom is -0.454 e. The van der Waals surface area contributed by atoms with Crippen LogP contribution in [0.5, 0.6) is 11.5 Å². The molecule has 0 N–H and O–H groups in total. The summed E-state index contributed by atoms with van der Waals surface area (Å²) in [6, 6.07) is 15.5. The second-order valence-corrected chi connectivity index (χ2v) is 6.27. The summed E-state index contributed by atoms with van der Waals surface area (Å²) in [4.78, 5) is 14.0. The second kappa shape index (κ2) is 7.37. The van der Waals surface area contributed by atoms with E-state index in [1.807, 2.05) is 54.7 Å². The zero-order valence-electron chi connectivity index (χ0n) is 14.9. The van der Waals surface area contributed by atoms with E-state index >= 15 is 0 Å². The van der Waals surface area contributed by atoms with Crippen LogP contribution >= 0.6 is 0 Å². The number of likely N-dealkylation sites (N-methyl/N-ethyl adjacent to an activating group) is 1. The van der Waals surface area contributed by atoms with E-state index in [1.54, 1.807) is 35.0 Å². The van der Waals surface area contributed by atoms with E-state index in [0.29, 0.717) is 12.3 Å². The minimum atomic E-state index is -0.0832. The Morgan fingerprint density at radius 2 is 2.00 bits per heavy atom. The molecule has 1 aliphatic heterocycles. The van der Waals surface area contributed by atoms with Gasteiger partial charge in [-0.05, 0) is 35.9 Å². The quantitative estimate of drug-likeness (QED) is 0.655. The van der Waals surface area contributed by atoms with Crippen molar-refractivity contribution in [1.82, 2.24) is 14.7 Å². The van der Waals surface area contributed by atoms with Crippen molar-refractivity contribution in [3.8, 4) is 17.2 Å². The number of ether oxygens (including phenoxy) is 2. The highest BCUT2D eigenvalue weighted by molar-refractivity contribution is 5.91. The highest BCUT2D eigenvalue weighted by Crippen LogP contribution is 2.32. The van der Waals surface area contributed by atoms with Gasteiger partial charge >= 0.3 is 0 Å². The molecule has 27 heavy (non-hydrogen) atoms. The van der Waals surface area contributed by atoms with Gasteiger partial charge in [0.05, 0.1) is 11.9 Å². The monoisotopic (exact) mass is 361 g/mol. The molecule has 0 saturated heterocycles. The number of para-hydroxylation sites is 1. The first-order valence-electron chi connectivity index (χ1n) is 8.61. The van der Waals surface area contributed by atoms with Gasteiger partial charge in [-0.3, -0.25) is 4.79 Å². The lowest BCUT2D eigenvalue weighted by molar-refractivity contribution is -0.125. The molecule has 2 aromatic carbocycles. The number of fused-ring (bicyclic) bond motifs is 1. The molecule has 136 valence electrons. The molecule has 0 fully saturated rings. The maximum absolute atomic E-state index is 12.4. The van der Waals surface area contributed by atoms with Gasteiger partial charge in [-0.2, -0.15) is 5.10 Å². The van der Waals surface area contributed by atoms with Gasteiger partial charge in [0.1, 0.15) is 0 Å². The Bertz CT molecular complexity index is 979. The molecule has 1 amide bonds. The lowest BCUT2D eigenvalue weighted by Crippen LogP contribution is -2.23. The molecule has 6 nitrogen and oxygen atoms in total. The number of carbonyl (C=O) groups is 1. The summed E-state index contributed by atoms with van der Waals surface area (Å²) in [7, 11) is 1.77. The molecular formula is C21H19N3O3. The standard InChI is InChI=1S/C21H19N3O3/c1-23(13-17-12-22-24(14-17)18-5-3-2-4-6-18)21(25)10-8-16-7-9-19-20(11-16)27-15-26-19/h2-12,14H,13,15H2,1H3/b10-8+. The highest BCUT2D eigenvalue weighted by Gasteiger charge is 2.13. The molecule has 4 rings (SSSR count). The van der Waals surface area contributed by atoms with Crippen molar-refractivity contribution < 1.29 is 14.3 Å². The average Bonchev–Trinajstić information content (AvgIpc) is 3.35. The number of carbonyl (C=O) groups excluding carboxylic acids is 1. The predicted molar refractivity (Wildman–Crippen MR) is 102 cm³/mol. The SMILES string of the molecule is CN(Cc1cnn(-c2ccccc2)c1)C(=O)/C=C/c1ccc2c(c1)OCO2. The smallest absolute Gasteiger partial charge is 0.246 e. The van der Waals surface area contributed by atoms with Crippen LogP contribution in [-0.4, -0.2) is 34.4 Å². The van der Waals surface area contributed by atoms with Crippen LogP contribution in [0, 0.1) is 0 Å². The van der Waals surface area contributed by atoms with Crippen LogP contribution in [0.3, 0.4) is 0 Å². The summed E-state index contributed by atoms with van der Waals surface area (Å²) < 4.78 is 12.4. The van der Waals surface area contributed by atoms with Crippen molar-refractivity contribution >= 4 is 12.0 Å².